The molecule has 1 aromatic carbocycles. The van der Waals surface area contributed by atoms with Crippen LogP contribution in [-0.4, -0.2) is 38.3 Å². The maximum absolute atomic E-state index is 12.3. The molecule has 1 aromatic rings. The molecule has 2 rings (SSSR count). The van der Waals surface area contributed by atoms with Gasteiger partial charge in [0.2, 0.25) is 0 Å². The van der Waals surface area contributed by atoms with Crippen LogP contribution in [0.4, 0.5) is 0 Å². The normalized spacial score (nSPS) is 18.7. The predicted octanol–water partition coefficient (Wildman–Crippen LogP) is 2.06. The third-order valence-electron chi connectivity index (χ3n) is 3.82. The molecule has 23 heavy (non-hydrogen) atoms. The van der Waals surface area contributed by atoms with Crippen LogP contribution in [0.25, 0.3) is 0 Å². The van der Waals surface area contributed by atoms with Gasteiger partial charge in [-0.1, -0.05) is 26.0 Å². The molecule has 1 aliphatic heterocycles. The SMILES string of the molecule is CC(C)COc1ccc(C(C)(C)NC(=O)C2CNCCO2)cc1. The molecule has 1 atom stereocenters. The van der Waals surface area contributed by atoms with Gasteiger partial charge in [-0.15, -0.1) is 0 Å². The summed E-state index contributed by atoms with van der Waals surface area (Å²) in [5.74, 6) is 1.27. The predicted molar refractivity (Wildman–Crippen MR) is 90.6 cm³/mol. The summed E-state index contributed by atoms with van der Waals surface area (Å²) >= 11 is 0. The largest absolute Gasteiger partial charge is 0.493 e. The zero-order chi connectivity index (χ0) is 16.9. The van der Waals surface area contributed by atoms with Gasteiger partial charge in [-0.3, -0.25) is 4.79 Å². The first kappa shape index (κ1) is 17.8. The molecule has 0 spiro atoms. The van der Waals surface area contributed by atoms with E-state index in [4.69, 9.17) is 9.47 Å². The maximum atomic E-state index is 12.3. The maximum Gasteiger partial charge on any atom is 0.251 e. The Kier molecular flexibility index (Phi) is 6.02. The van der Waals surface area contributed by atoms with Gasteiger partial charge in [0.05, 0.1) is 18.8 Å². The second-order valence-corrected chi connectivity index (χ2v) is 6.91. The van der Waals surface area contributed by atoms with Gasteiger partial charge in [0, 0.05) is 13.1 Å². The summed E-state index contributed by atoms with van der Waals surface area (Å²) in [6.45, 7) is 10.8. The van der Waals surface area contributed by atoms with Crippen molar-refractivity contribution in [1.29, 1.82) is 0 Å². The molecular weight excluding hydrogens is 292 g/mol. The Hall–Kier alpha value is -1.59. The monoisotopic (exact) mass is 320 g/mol. The number of hydrogen-bond donors (Lipinski definition) is 2. The summed E-state index contributed by atoms with van der Waals surface area (Å²) in [7, 11) is 0. The van der Waals surface area contributed by atoms with Gasteiger partial charge in [-0.2, -0.15) is 0 Å². The zero-order valence-corrected chi connectivity index (χ0v) is 14.5. The number of ether oxygens (including phenoxy) is 2. The summed E-state index contributed by atoms with van der Waals surface area (Å²) in [6.07, 6.45) is -0.420. The highest BCUT2D eigenvalue weighted by molar-refractivity contribution is 5.82. The van der Waals surface area contributed by atoms with Crippen LogP contribution in [0, 0.1) is 5.92 Å². The van der Waals surface area contributed by atoms with Gasteiger partial charge in [0.1, 0.15) is 11.9 Å². The fourth-order valence-corrected chi connectivity index (χ4v) is 2.43. The quantitative estimate of drug-likeness (QED) is 0.842. The fourth-order valence-electron chi connectivity index (χ4n) is 2.43. The van der Waals surface area contributed by atoms with Crippen molar-refractivity contribution in [3.05, 3.63) is 29.8 Å². The van der Waals surface area contributed by atoms with Crippen molar-refractivity contribution in [3.63, 3.8) is 0 Å². The Balaban J connectivity index is 1.96. The van der Waals surface area contributed by atoms with E-state index in [1.807, 2.05) is 38.1 Å². The summed E-state index contributed by atoms with van der Waals surface area (Å²) in [4.78, 5) is 12.3. The summed E-state index contributed by atoms with van der Waals surface area (Å²) in [5, 5.41) is 6.24. The van der Waals surface area contributed by atoms with Crippen molar-refractivity contribution >= 4 is 5.91 Å². The van der Waals surface area contributed by atoms with E-state index in [0.717, 1.165) is 17.9 Å². The lowest BCUT2D eigenvalue weighted by Gasteiger charge is -2.31. The molecule has 1 fully saturated rings. The van der Waals surface area contributed by atoms with E-state index in [1.54, 1.807) is 0 Å². The standard InChI is InChI=1S/C18H28N2O3/c1-13(2)12-23-15-7-5-14(6-8-15)18(3,4)20-17(21)16-11-19-9-10-22-16/h5-8,13,16,19H,9-12H2,1-4H3,(H,20,21). The lowest BCUT2D eigenvalue weighted by Crippen LogP contribution is -2.52. The smallest absolute Gasteiger partial charge is 0.251 e. The second kappa shape index (κ2) is 7.79. The minimum absolute atomic E-state index is 0.0812. The second-order valence-electron chi connectivity index (χ2n) is 6.91. The van der Waals surface area contributed by atoms with Crippen molar-refractivity contribution < 1.29 is 14.3 Å². The van der Waals surface area contributed by atoms with Gasteiger partial charge in [-0.05, 0) is 37.5 Å². The first-order chi connectivity index (χ1) is 10.9. The molecule has 128 valence electrons. The van der Waals surface area contributed by atoms with Crippen molar-refractivity contribution in [2.24, 2.45) is 5.92 Å². The van der Waals surface area contributed by atoms with Crippen LogP contribution in [0.1, 0.15) is 33.3 Å². The number of hydrogen-bond acceptors (Lipinski definition) is 4. The molecule has 0 aliphatic carbocycles. The van der Waals surface area contributed by atoms with Gasteiger partial charge < -0.3 is 20.1 Å². The number of carbonyl (C=O) groups excluding carboxylic acids is 1. The molecule has 1 unspecified atom stereocenters. The molecule has 2 N–H and O–H groups in total. The Morgan fingerprint density at radius 3 is 2.65 bits per heavy atom. The number of rotatable bonds is 6. The third kappa shape index (κ3) is 5.22. The molecule has 1 aliphatic rings. The Morgan fingerprint density at radius 2 is 2.09 bits per heavy atom. The lowest BCUT2D eigenvalue weighted by molar-refractivity contribution is -0.136. The van der Waals surface area contributed by atoms with Gasteiger partial charge in [0.25, 0.3) is 5.91 Å². The van der Waals surface area contributed by atoms with Crippen molar-refractivity contribution in [2.75, 3.05) is 26.3 Å². The number of nitrogens with one attached hydrogen (secondary N) is 2. The number of morpholine rings is 1. The molecule has 5 heteroatoms. The average Bonchev–Trinajstić information content (AvgIpc) is 2.53. The molecule has 0 aromatic heterocycles. The highest BCUT2D eigenvalue weighted by Gasteiger charge is 2.28. The molecular formula is C18H28N2O3. The Bertz CT molecular complexity index is 506. The molecule has 1 saturated heterocycles. The molecule has 5 nitrogen and oxygen atoms in total. The fraction of sp³-hybridized carbons (Fsp3) is 0.611. The van der Waals surface area contributed by atoms with E-state index in [1.165, 1.54) is 0 Å². The number of amides is 1. The van der Waals surface area contributed by atoms with Gasteiger partial charge >= 0.3 is 0 Å². The highest BCUT2D eigenvalue weighted by Crippen LogP contribution is 2.23. The molecule has 0 radical (unpaired) electrons. The van der Waals surface area contributed by atoms with E-state index in [2.05, 4.69) is 24.5 Å². The Labute approximate surface area is 138 Å². The van der Waals surface area contributed by atoms with Crippen LogP contribution >= 0.6 is 0 Å². The number of carbonyl (C=O) groups is 1. The minimum atomic E-state index is -0.464. The summed E-state index contributed by atoms with van der Waals surface area (Å²) < 4.78 is 11.2. The topological polar surface area (TPSA) is 59.6 Å². The highest BCUT2D eigenvalue weighted by atomic mass is 16.5. The molecule has 0 saturated carbocycles. The van der Waals surface area contributed by atoms with Crippen LogP contribution in [0.15, 0.2) is 24.3 Å². The van der Waals surface area contributed by atoms with Crippen LogP contribution in [0.5, 0.6) is 5.75 Å². The molecule has 1 heterocycles. The molecule has 0 bridgehead atoms. The van der Waals surface area contributed by atoms with E-state index in [0.29, 0.717) is 25.7 Å². The summed E-state index contributed by atoms with van der Waals surface area (Å²) in [5.41, 5.74) is 0.570. The zero-order valence-electron chi connectivity index (χ0n) is 14.5. The van der Waals surface area contributed by atoms with Crippen LogP contribution in [-0.2, 0) is 15.1 Å². The average molecular weight is 320 g/mol. The lowest BCUT2D eigenvalue weighted by atomic mass is 9.94. The number of benzene rings is 1. The van der Waals surface area contributed by atoms with E-state index in [9.17, 15) is 4.79 Å². The molecule has 1 amide bonds. The van der Waals surface area contributed by atoms with Crippen molar-refractivity contribution in [1.82, 2.24) is 10.6 Å². The van der Waals surface area contributed by atoms with Crippen molar-refractivity contribution in [2.45, 2.75) is 39.3 Å². The van der Waals surface area contributed by atoms with Crippen LogP contribution in [0.3, 0.4) is 0 Å². The van der Waals surface area contributed by atoms with E-state index < -0.39 is 11.6 Å². The van der Waals surface area contributed by atoms with Crippen LogP contribution < -0.4 is 15.4 Å². The van der Waals surface area contributed by atoms with Gasteiger partial charge in [-0.25, -0.2) is 0 Å². The summed E-state index contributed by atoms with van der Waals surface area (Å²) in [6, 6.07) is 7.89. The first-order valence-corrected chi connectivity index (χ1v) is 8.26. The third-order valence-corrected chi connectivity index (χ3v) is 3.82. The van der Waals surface area contributed by atoms with Crippen molar-refractivity contribution in [3.8, 4) is 5.75 Å². The minimum Gasteiger partial charge on any atom is -0.493 e. The first-order valence-electron chi connectivity index (χ1n) is 8.26. The van der Waals surface area contributed by atoms with E-state index >= 15 is 0 Å². The Morgan fingerprint density at radius 1 is 1.39 bits per heavy atom. The van der Waals surface area contributed by atoms with Crippen LogP contribution in [0.2, 0.25) is 0 Å². The van der Waals surface area contributed by atoms with E-state index in [-0.39, 0.29) is 5.91 Å². The van der Waals surface area contributed by atoms with Gasteiger partial charge in [0.15, 0.2) is 0 Å².